The van der Waals surface area contributed by atoms with E-state index in [9.17, 15) is 4.79 Å². The highest BCUT2D eigenvalue weighted by Gasteiger charge is 2.07. The van der Waals surface area contributed by atoms with Gasteiger partial charge >= 0.3 is 0 Å². The molecule has 14 heavy (non-hydrogen) atoms. The Labute approximate surface area is 91.6 Å². The third-order valence-corrected chi connectivity index (χ3v) is 2.19. The summed E-state index contributed by atoms with van der Waals surface area (Å²) in [6.45, 7) is 2.51. The molecule has 0 aromatic heterocycles. The first kappa shape index (κ1) is 11.0. The average Bonchev–Trinajstić information content (AvgIpc) is 2.31. The van der Waals surface area contributed by atoms with E-state index in [4.69, 9.17) is 4.74 Å². The van der Waals surface area contributed by atoms with Gasteiger partial charge in [0.15, 0.2) is 0 Å². The predicted octanol–water partition coefficient (Wildman–Crippen LogP) is 2.22. The lowest BCUT2D eigenvalue weighted by Crippen LogP contribution is -2.12. The molecule has 0 unspecified atom stereocenters. The standard InChI is InChI=1S/C10H12BrNO2/c1-2-14-10-5-3-4-8(11)6-9(10)12-7-13/h3-4,6-7H,2,5H2,1H3,(H,12,13). The van der Waals surface area contributed by atoms with Crippen molar-refractivity contribution in [2.45, 2.75) is 13.3 Å². The third-order valence-electron chi connectivity index (χ3n) is 1.70. The van der Waals surface area contributed by atoms with Crippen LogP contribution in [0.1, 0.15) is 13.3 Å². The zero-order chi connectivity index (χ0) is 10.4. The van der Waals surface area contributed by atoms with Gasteiger partial charge in [-0.1, -0.05) is 28.1 Å². The Bertz CT molecular complexity index is 305. The van der Waals surface area contributed by atoms with Crippen LogP contribution in [0.25, 0.3) is 0 Å². The first-order valence-corrected chi connectivity index (χ1v) is 5.17. The van der Waals surface area contributed by atoms with Gasteiger partial charge in [-0.05, 0) is 13.0 Å². The van der Waals surface area contributed by atoms with Crippen LogP contribution in [0.2, 0.25) is 0 Å². The second kappa shape index (κ2) is 5.65. The van der Waals surface area contributed by atoms with Crippen molar-refractivity contribution in [3.63, 3.8) is 0 Å². The van der Waals surface area contributed by atoms with Crippen LogP contribution >= 0.6 is 15.9 Å². The molecule has 0 aromatic rings. The van der Waals surface area contributed by atoms with E-state index in [0.717, 1.165) is 10.2 Å². The van der Waals surface area contributed by atoms with Crippen molar-refractivity contribution in [1.29, 1.82) is 0 Å². The van der Waals surface area contributed by atoms with Gasteiger partial charge in [0.05, 0.1) is 12.3 Å². The van der Waals surface area contributed by atoms with Crippen molar-refractivity contribution in [3.8, 4) is 0 Å². The van der Waals surface area contributed by atoms with Gasteiger partial charge in [-0.25, -0.2) is 0 Å². The summed E-state index contributed by atoms with van der Waals surface area (Å²) in [5.41, 5.74) is 0.707. The Morgan fingerprint density at radius 1 is 1.71 bits per heavy atom. The number of halogens is 1. The van der Waals surface area contributed by atoms with E-state index in [1.54, 1.807) is 0 Å². The van der Waals surface area contributed by atoms with Crippen LogP contribution in [0, 0.1) is 0 Å². The van der Waals surface area contributed by atoms with E-state index >= 15 is 0 Å². The molecule has 0 spiro atoms. The van der Waals surface area contributed by atoms with E-state index < -0.39 is 0 Å². The summed E-state index contributed by atoms with van der Waals surface area (Å²) in [5.74, 6) is 0.783. The minimum absolute atomic E-state index is 0.596. The summed E-state index contributed by atoms with van der Waals surface area (Å²) in [5, 5.41) is 2.62. The maximum absolute atomic E-state index is 10.4. The number of allylic oxidation sites excluding steroid dienone is 4. The summed E-state index contributed by atoms with van der Waals surface area (Å²) in [6.07, 6.45) is 7.07. The van der Waals surface area contributed by atoms with Gasteiger partial charge in [-0.2, -0.15) is 0 Å². The number of carbonyl (C=O) groups excluding carboxylic acids is 1. The van der Waals surface area contributed by atoms with E-state index in [2.05, 4.69) is 21.2 Å². The molecule has 0 heterocycles. The molecule has 1 aliphatic rings. The maximum atomic E-state index is 10.4. The Balaban J connectivity index is 2.93. The molecule has 0 saturated heterocycles. The summed E-state index contributed by atoms with van der Waals surface area (Å²) >= 11 is 3.36. The van der Waals surface area contributed by atoms with Gasteiger partial charge in [0.2, 0.25) is 6.41 Å². The highest BCUT2D eigenvalue weighted by molar-refractivity contribution is 9.11. The SMILES string of the molecule is CCOC1=C(NC=O)C=C(Br)C=CC1. The number of rotatable bonds is 4. The van der Waals surface area contributed by atoms with Gasteiger partial charge < -0.3 is 10.1 Å². The summed E-state index contributed by atoms with van der Waals surface area (Å²) < 4.78 is 6.33. The second-order valence-electron chi connectivity index (χ2n) is 2.67. The van der Waals surface area contributed by atoms with Gasteiger partial charge in [-0.15, -0.1) is 0 Å². The summed E-state index contributed by atoms with van der Waals surface area (Å²) in [6, 6.07) is 0. The predicted molar refractivity (Wildman–Crippen MR) is 58.6 cm³/mol. The smallest absolute Gasteiger partial charge is 0.211 e. The van der Waals surface area contributed by atoms with E-state index in [1.807, 2.05) is 25.2 Å². The molecule has 1 aliphatic carbocycles. The summed E-state index contributed by atoms with van der Waals surface area (Å²) in [4.78, 5) is 10.4. The Morgan fingerprint density at radius 3 is 3.14 bits per heavy atom. The number of nitrogens with one attached hydrogen (secondary N) is 1. The van der Waals surface area contributed by atoms with Crippen molar-refractivity contribution in [1.82, 2.24) is 5.32 Å². The van der Waals surface area contributed by atoms with Gasteiger partial charge in [0.1, 0.15) is 5.76 Å². The Kier molecular flexibility index (Phi) is 4.46. The normalized spacial score (nSPS) is 16.0. The van der Waals surface area contributed by atoms with Crippen LogP contribution in [-0.2, 0) is 9.53 Å². The zero-order valence-electron chi connectivity index (χ0n) is 7.92. The molecule has 76 valence electrons. The van der Waals surface area contributed by atoms with Crippen molar-refractivity contribution in [2.24, 2.45) is 0 Å². The van der Waals surface area contributed by atoms with Crippen molar-refractivity contribution >= 4 is 22.3 Å². The molecule has 0 fully saturated rings. The zero-order valence-corrected chi connectivity index (χ0v) is 9.50. The number of carbonyl (C=O) groups is 1. The Morgan fingerprint density at radius 2 is 2.50 bits per heavy atom. The van der Waals surface area contributed by atoms with E-state index in [0.29, 0.717) is 25.1 Å². The van der Waals surface area contributed by atoms with Gasteiger partial charge in [-0.3, -0.25) is 4.79 Å². The molecular formula is C10H12BrNO2. The highest BCUT2D eigenvalue weighted by atomic mass is 79.9. The lowest BCUT2D eigenvalue weighted by atomic mass is 10.3. The first-order chi connectivity index (χ1) is 6.77. The largest absolute Gasteiger partial charge is 0.496 e. The molecule has 3 nitrogen and oxygen atoms in total. The number of hydrogen-bond acceptors (Lipinski definition) is 2. The second-order valence-corrected chi connectivity index (χ2v) is 3.58. The van der Waals surface area contributed by atoms with Gasteiger partial charge in [0, 0.05) is 10.9 Å². The molecule has 0 saturated carbocycles. The molecule has 0 aromatic carbocycles. The maximum Gasteiger partial charge on any atom is 0.211 e. The van der Waals surface area contributed by atoms with Crippen LogP contribution in [0.5, 0.6) is 0 Å². The van der Waals surface area contributed by atoms with Crippen LogP contribution in [0.3, 0.4) is 0 Å². The molecule has 1 rings (SSSR count). The molecule has 1 N–H and O–H groups in total. The molecule has 0 aliphatic heterocycles. The fourth-order valence-corrected chi connectivity index (χ4v) is 1.57. The summed E-state index contributed by atoms with van der Waals surface area (Å²) in [7, 11) is 0. The van der Waals surface area contributed by atoms with E-state index in [-0.39, 0.29) is 0 Å². The van der Waals surface area contributed by atoms with E-state index in [1.165, 1.54) is 0 Å². The number of amides is 1. The lowest BCUT2D eigenvalue weighted by molar-refractivity contribution is -0.108. The molecular weight excluding hydrogens is 246 g/mol. The van der Waals surface area contributed by atoms with Crippen LogP contribution < -0.4 is 5.32 Å². The fraction of sp³-hybridized carbons (Fsp3) is 0.300. The number of ether oxygens (including phenoxy) is 1. The monoisotopic (exact) mass is 257 g/mol. The minimum atomic E-state index is 0.596. The lowest BCUT2D eigenvalue weighted by Gasteiger charge is -2.09. The van der Waals surface area contributed by atoms with Gasteiger partial charge in [0.25, 0.3) is 0 Å². The highest BCUT2D eigenvalue weighted by Crippen LogP contribution is 2.20. The molecule has 4 heteroatoms. The number of hydrogen-bond donors (Lipinski definition) is 1. The van der Waals surface area contributed by atoms with Crippen molar-refractivity contribution < 1.29 is 9.53 Å². The molecule has 0 radical (unpaired) electrons. The minimum Gasteiger partial charge on any atom is -0.496 e. The molecule has 0 bridgehead atoms. The van der Waals surface area contributed by atoms with Crippen molar-refractivity contribution in [3.05, 3.63) is 34.2 Å². The quantitative estimate of drug-likeness (QED) is 0.785. The third kappa shape index (κ3) is 3.03. The first-order valence-electron chi connectivity index (χ1n) is 4.37. The van der Waals surface area contributed by atoms with Crippen LogP contribution in [0.4, 0.5) is 0 Å². The Hall–Kier alpha value is -1.03. The van der Waals surface area contributed by atoms with Crippen molar-refractivity contribution in [2.75, 3.05) is 6.61 Å². The molecule has 0 atom stereocenters. The molecule has 1 amide bonds. The van der Waals surface area contributed by atoms with Crippen LogP contribution in [0.15, 0.2) is 34.2 Å². The van der Waals surface area contributed by atoms with Crippen LogP contribution in [-0.4, -0.2) is 13.0 Å². The fourth-order valence-electron chi connectivity index (χ4n) is 1.15. The average molecular weight is 258 g/mol. The topological polar surface area (TPSA) is 38.3 Å².